The maximum atomic E-state index is 11.4. The molecule has 5 heteroatoms. The minimum Gasteiger partial charge on any atom is -0.507 e. The minimum absolute atomic E-state index is 0.0710. The topological polar surface area (TPSA) is 68.4 Å². The quantitative estimate of drug-likeness (QED) is 0.269. The van der Waals surface area contributed by atoms with Crippen molar-refractivity contribution < 1.29 is 10.2 Å². The molecule has 3 aromatic rings. The molecule has 3 aromatic carbocycles. The summed E-state index contributed by atoms with van der Waals surface area (Å²) in [7, 11) is 0. The maximum absolute atomic E-state index is 11.4. The summed E-state index contributed by atoms with van der Waals surface area (Å²) in [5.41, 5.74) is 6.38. The summed E-state index contributed by atoms with van der Waals surface area (Å²) in [6.07, 6.45) is 3.71. The second-order valence-electron chi connectivity index (χ2n) is 17.3. The fraction of sp³-hybridized carbons (Fsp3) is 0.512. The maximum Gasteiger partial charge on any atom is 0.128 e. The predicted molar refractivity (Wildman–Crippen MR) is 195 cm³/mol. The zero-order valence-corrected chi connectivity index (χ0v) is 30.4. The number of hydrogen-bond donors (Lipinski definition) is 2. The van der Waals surface area contributed by atoms with Gasteiger partial charge in [0.15, 0.2) is 0 Å². The van der Waals surface area contributed by atoms with E-state index in [0.717, 1.165) is 41.9 Å². The van der Waals surface area contributed by atoms with Crippen molar-refractivity contribution in [2.24, 2.45) is 9.98 Å². The van der Waals surface area contributed by atoms with Crippen LogP contribution in [0, 0.1) is 0 Å². The van der Waals surface area contributed by atoms with Gasteiger partial charge in [0.05, 0.1) is 12.1 Å². The molecular formula is C41H57N3O2. The van der Waals surface area contributed by atoms with Crippen molar-refractivity contribution in [1.29, 1.82) is 0 Å². The molecule has 1 aliphatic heterocycles. The summed E-state index contributed by atoms with van der Waals surface area (Å²) in [5, 5.41) is 22.8. The molecule has 1 aliphatic rings. The summed E-state index contributed by atoms with van der Waals surface area (Å²) in [4.78, 5) is 12.6. The van der Waals surface area contributed by atoms with E-state index in [4.69, 9.17) is 9.98 Å². The van der Waals surface area contributed by atoms with E-state index in [2.05, 4.69) is 137 Å². The van der Waals surface area contributed by atoms with Gasteiger partial charge in [-0.1, -0.05) is 126 Å². The third-order valence-electron chi connectivity index (χ3n) is 9.02. The summed E-state index contributed by atoms with van der Waals surface area (Å²) in [5.74, 6) is 0.587. The summed E-state index contributed by atoms with van der Waals surface area (Å²) >= 11 is 0. The highest BCUT2D eigenvalue weighted by molar-refractivity contribution is 5.86. The highest BCUT2D eigenvalue weighted by Crippen LogP contribution is 2.39. The first-order chi connectivity index (χ1) is 21.1. The van der Waals surface area contributed by atoms with Gasteiger partial charge in [-0.05, 0) is 50.5 Å². The number of rotatable bonds is 6. The van der Waals surface area contributed by atoms with Crippen molar-refractivity contribution >= 4 is 12.4 Å². The molecule has 0 bridgehead atoms. The first kappa shape index (κ1) is 35.4. The van der Waals surface area contributed by atoms with E-state index >= 15 is 0 Å². The molecule has 1 saturated heterocycles. The molecule has 0 saturated carbocycles. The van der Waals surface area contributed by atoms with E-state index in [9.17, 15) is 10.2 Å². The van der Waals surface area contributed by atoms with Crippen LogP contribution in [0.3, 0.4) is 0 Å². The van der Waals surface area contributed by atoms with Gasteiger partial charge in [-0.15, -0.1) is 0 Å². The van der Waals surface area contributed by atoms with Crippen molar-refractivity contribution in [2.45, 2.75) is 123 Å². The molecule has 248 valence electrons. The largest absolute Gasteiger partial charge is 0.507 e. The number of phenolic OH excluding ortho intramolecular Hbond substituents is 2. The van der Waals surface area contributed by atoms with Crippen LogP contribution in [0.15, 0.2) is 64.6 Å². The minimum atomic E-state index is -0.212. The van der Waals surface area contributed by atoms with Crippen molar-refractivity contribution in [3.05, 3.63) is 93.5 Å². The van der Waals surface area contributed by atoms with Gasteiger partial charge in [-0.3, -0.25) is 14.9 Å². The molecule has 0 spiro atoms. The number of likely N-dealkylation sites (tertiary alicyclic amines) is 1. The lowest BCUT2D eigenvalue weighted by Gasteiger charge is -2.27. The molecule has 0 radical (unpaired) electrons. The second kappa shape index (κ2) is 13.0. The lowest BCUT2D eigenvalue weighted by molar-refractivity contribution is 0.324. The number of aromatic hydroxyl groups is 2. The Kier molecular flexibility index (Phi) is 10.00. The third-order valence-corrected chi connectivity index (χ3v) is 9.02. The molecule has 46 heavy (non-hydrogen) atoms. The molecule has 0 unspecified atom stereocenters. The molecule has 2 N–H and O–H groups in total. The molecule has 1 fully saturated rings. The Bertz CT molecular complexity index is 1480. The van der Waals surface area contributed by atoms with E-state index in [0.29, 0.717) is 11.5 Å². The Labute approximate surface area is 278 Å². The zero-order chi connectivity index (χ0) is 34.2. The number of benzene rings is 3. The smallest absolute Gasteiger partial charge is 0.128 e. The average Bonchev–Trinajstić information content (AvgIpc) is 3.30. The highest BCUT2D eigenvalue weighted by atomic mass is 16.3. The van der Waals surface area contributed by atoms with Gasteiger partial charge in [-0.25, -0.2) is 0 Å². The fourth-order valence-electron chi connectivity index (χ4n) is 5.98. The number of hydrogen-bond acceptors (Lipinski definition) is 5. The molecule has 5 nitrogen and oxygen atoms in total. The van der Waals surface area contributed by atoms with E-state index in [-0.39, 0.29) is 33.7 Å². The monoisotopic (exact) mass is 623 g/mol. The average molecular weight is 624 g/mol. The zero-order valence-electron chi connectivity index (χ0n) is 30.4. The van der Waals surface area contributed by atoms with Gasteiger partial charge in [-0.2, -0.15) is 0 Å². The van der Waals surface area contributed by atoms with Gasteiger partial charge in [0.1, 0.15) is 11.5 Å². The van der Waals surface area contributed by atoms with Crippen LogP contribution in [0.4, 0.5) is 0 Å². The highest BCUT2D eigenvalue weighted by Gasteiger charge is 2.33. The Morgan fingerprint density at radius 3 is 1.35 bits per heavy atom. The van der Waals surface area contributed by atoms with Crippen molar-refractivity contribution in [1.82, 2.24) is 4.90 Å². The van der Waals surface area contributed by atoms with Gasteiger partial charge < -0.3 is 10.2 Å². The first-order valence-electron chi connectivity index (χ1n) is 16.7. The number of nitrogens with zero attached hydrogens (tertiary/aromatic N) is 3. The first-order valence-corrected chi connectivity index (χ1v) is 16.7. The lowest BCUT2D eigenvalue weighted by Crippen LogP contribution is -2.21. The number of aliphatic imine (C=N–C) groups is 2. The molecular weight excluding hydrogens is 566 g/mol. The standard InChI is InChI=1S/C41H57N3O2/c1-38(2,3)30-18-28(36(45)32(20-30)40(7,8)9)22-42-34-25-44(24-27-16-14-13-15-17-27)26-35(34)43-23-29-19-31(39(4,5)6)21-33(37(29)46)41(10,11)12/h13-23,34-35,45-46H,24-26H2,1-12H3/t34-,35-/m1/s1. The van der Waals surface area contributed by atoms with E-state index < -0.39 is 0 Å². The molecule has 1 heterocycles. The Hall–Kier alpha value is -3.44. The van der Waals surface area contributed by atoms with Crippen LogP contribution in [0.2, 0.25) is 0 Å². The Morgan fingerprint density at radius 1 is 0.609 bits per heavy atom. The van der Waals surface area contributed by atoms with Gasteiger partial charge in [0.25, 0.3) is 0 Å². The second-order valence-corrected chi connectivity index (χ2v) is 17.3. The van der Waals surface area contributed by atoms with Crippen LogP contribution in [0.25, 0.3) is 0 Å². The summed E-state index contributed by atoms with van der Waals surface area (Å²) < 4.78 is 0. The van der Waals surface area contributed by atoms with Crippen molar-refractivity contribution in [3.63, 3.8) is 0 Å². The SMILES string of the molecule is CC(C)(C)c1cc(C=N[C@@H]2CN(Cc3ccccc3)C[C@H]2N=Cc2cc(C(C)(C)C)cc(C(C)(C)C)c2O)c(O)c(C(C)(C)C)c1. The van der Waals surface area contributed by atoms with Gasteiger partial charge in [0.2, 0.25) is 0 Å². The van der Waals surface area contributed by atoms with Crippen LogP contribution < -0.4 is 0 Å². The van der Waals surface area contributed by atoms with Crippen LogP contribution in [0.5, 0.6) is 11.5 Å². The lowest BCUT2D eigenvalue weighted by atomic mass is 9.79. The fourth-order valence-corrected chi connectivity index (χ4v) is 5.98. The molecule has 4 rings (SSSR count). The van der Waals surface area contributed by atoms with Crippen LogP contribution in [0.1, 0.15) is 122 Å². The van der Waals surface area contributed by atoms with Gasteiger partial charge in [0, 0.05) is 54.3 Å². The molecule has 0 aliphatic carbocycles. The van der Waals surface area contributed by atoms with E-state index in [1.165, 1.54) is 16.7 Å². The van der Waals surface area contributed by atoms with Gasteiger partial charge >= 0.3 is 0 Å². The predicted octanol–water partition coefficient (Wildman–Crippen LogP) is 9.08. The number of phenols is 2. The van der Waals surface area contributed by atoms with E-state index in [1.54, 1.807) is 0 Å². The van der Waals surface area contributed by atoms with Crippen LogP contribution >= 0.6 is 0 Å². The molecule has 2 atom stereocenters. The van der Waals surface area contributed by atoms with E-state index in [1.807, 2.05) is 18.5 Å². The normalized spacial score (nSPS) is 18.7. The third kappa shape index (κ3) is 8.47. The Balaban J connectivity index is 1.75. The summed E-state index contributed by atoms with van der Waals surface area (Å²) in [6, 6.07) is 18.7. The molecule has 0 amide bonds. The Morgan fingerprint density at radius 2 is 1.00 bits per heavy atom. The van der Waals surface area contributed by atoms with Crippen LogP contribution in [-0.4, -0.2) is 52.7 Å². The summed E-state index contributed by atoms with van der Waals surface area (Å²) in [6.45, 7) is 28.3. The van der Waals surface area contributed by atoms with Crippen LogP contribution in [-0.2, 0) is 28.2 Å². The van der Waals surface area contributed by atoms with Crippen molar-refractivity contribution in [2.75, 3.05) is 13.1 Å². The van der Waals surface area contributed by atoms with Crippen molar-refractivity contribution in [3.8, 4) is 11.5 Å². The molecule has 0 aromatic heterocycles.